The van der Waals surface area contributed by atoms with Gasteiger partial charge in [0.25, 0.3) is 0 Å². The van der Waals surface area contributed by atoms with Gasteiger partial charge in [0.2, 0.25) is 0 Å². The smallest absolute Gasteiger partial charge is 0.0950 e. The number of aromatic nitrogens is 2. The van der Waals surface area contributed by atoms with Crippen LogP contribution < -0.4 is 5.73 Å². The molecule has 0 aliphatic rings. The molecule has 0 amide bonds. The predicted molar refractivity (Wildman–Crippen MR) is 70.1 cm³/mol. The molecule has 98 valence electrons. The second kappa shape index (κ2) is 6.77. The van der Waals surface area contributed by atoms with Gasteiger partial charge in [0, 0.05) is 44.1 Å². The first kappa shape index (κ1) is 14.2. The fourth-order valence-corrected chi connectivity index (χ4v) is 2.13. The number of methoxy groups -OCH3 is 1. The van der Waals surface area contributed by atoms with Gasteiger partial charge in [-0.15, -0.1) is 0 Å². The van der Waals surface area contributed by atoms with Gasteiger partial charge in [-0.05, 0) is 19.3 Å². The van der Waals surface area contributed by atoms with E-state index in [0.29, 0.717) is 24.4 Å². The van der Waals surface area contributed by atoms with Gasteiger partial charge >= 0.3 is 0 Å². The summed E-state index contributed by atoms with van der Waals surface area (Å²) in [7, 11) is 1.73. The van der Waals surface area contributed by atoms with E-state index in [1.165, 1.54) is 5.69 Å². The molecule has 0 fully saturated rings. The van der Waals surface area contributed by atoms with E-state index >= 15 is 0 Å². The first-order valence-corrected chi connectivity index (χ1v) is 6.32. The highest BCUT2D eigenvalue weighted by molar-refractivity contribution is 5.09. The predicted octanol–water partition coefficient (Wildman–Crippen LogP) is 2.18. The lowest BCUT2D eigenvalue weighted by Crippen LogP contribution is -2.22. The number of imidazole rings is 1. The van der Waals surface area contributed by atoms with Gasteiger partial charge in [-0.1, -0.05) is 13.8 Å². The quantitative estimate of drug-likeness (QED) is 0.793. The molecule has 0 aliphatic carbocycles. The molecule has 4 nitrogen and oxygen atoms in total. The van der Waals surface area contributed by atoms with Gasteiger partial charge in [0.1, 0.15) is 0 Å². The largest absolute Gasteiger partial charge is 0.385 e. The Kier molecular flexibility index (Phi) is 5.65. The van der Waals surface area contributed by atoms with Crippen molar-refractivity contribution in [1.29, 1.82) is 0 Å². The van der Waals surface area contributed by atoms with E-state index in [4.69, 9.17) is 10.5 Å². The maximum Gasteiger partial charge on any atom is 0.0950 e. The van der Waals surface area contributed by atoms with Crippen LogP contribution in [0.3, 0.4) is 0 Å². The Morgan fingerprint density at radius 2 is 2.12 bits per heavy atom. The minimum atomic E-state index is 0.377. The number of hydrogen-bond acceptors (Lipinski definition) is 3. The Morgan fingerprint density at radius 3 is 2.65 bits per heavy atom. The molecule has 0 saturated carbocycles. The topological polar surface area (TPSA) is 53.1 Å². The van der Waals surface area contributed by atoms with Gasteiger partial charge in [0.05, 0.1) is 6.33 Å². The summed E-state index contributed by atoms with van der Waals surface area (Å²) in [6.45, 7) is 8.04. The van der Waals surface area contributed by atoms with Crippen LogP contribution in [0.5, 0.6) is 0 Å². The standard InChI is InChI=1S/C13H25N3O/c1-10(2)12(7-14)13-8-15-9-16(13)11(3)5-6-17-4/h8-12H,5-7,14H2,1-4H3. The second-order valence-electron chi connectivity index (χ2n) is 4.94. The highest BCUT2D eigenvalue weighted by atomic mass is 16.5. The summed E-state index contributed by atoms with van der Waals surface area (Å²) in [5.41, 5.74) is 7.11. The highest BCUT2D eigenvalue weighted by Crippen LogP contribution is 2.26. The van der Waals surface area contributed by atoms with E-state index in [2.05, 4.69) is 30.3 Å². The van der Waals surface area contributed by atoms with E-state index in [-0.39, 0.29) is 0 Å². The van der Waals surface area contributed by atoms with Crippen molar-refractivity contribution in [1.82, 2.24) is 9.55 Å². The zero-order chi connectivity index (χ0) is 12.8. The molecule has 1 heterocycles. The molecule has 0 bridgehead atoms. The van der Waals surface area contributed by atoms with Crippen LogP contribution in [0.15, 0.2) is 12.5 Å². The molecule has 1 aromatic heterocycles. The molecule has 2 N–H and O–H groups in total. The van der Waals surface area contributed by atoms with E-state index in [1.54, 1.807) is 7.11 Å². The van der Waals surface area contributed by atoms with Gasteiger partial charge in [-0.3, -0.25) is 0 Å². The molecule has 2 unspecified atom stereocenters. The fraction of sp³-hybridized carbons (Fsp3) is 0.769. The van der Waals surface area contributed by atoms with Crippen molar-refractivity contribution in [3.63, 3.8) is 0 Å². The van der Waals surface area contributed by atoms with E-state index in [1.807, 2.05) is 12.5 Å². The zero-order valence-corrected chi connectivity index (χ0v) is 11.4. The number of hydrogen-bond donors (Lipinski definition) is 1. The summed E-state index contributed by atoms with van der Waals surface area (Å²) in [5.74, 6) is 0.910. The van der Waals surface area contributed by atoms with Crippen LogP contribution in [-0.2, 0) is 4.74 Å². The summed E-state index contributed by atoms with van der Waals surface area (Å²) < 4.78 is 7.36. The third-order valence-corrected chi connectivity index (χ3v) is 3.35. The van der Waals surface area contributed by atoms with E-state index in [9.17, 15) is 0 Å². The maximum absolute atomic E-state index is 5.87. The van der Waals surface area contributed by atoms with Crippen molar-refractivity contribution in [2.24, 2.45) is 11.7 Å². The Hall–Kier alpha value is -0.870. The molecule has 0 spiro atoms. The average Bonchev–Trinajstić information content (AvgIpc) is 2.75. The lowest BCUT2D eigenvalue weighted by molar-refractivity contribution is 0.180. The van der Waals surface area contributed by atoms with Crippen LogP contribution in [0.2, 0.25) is 0 Å². The Labute approximate surface area is 104 Å². The molecular formula is C13H25N3O. The summed E-state index contributed by atoms with van der Waals surface area (Å²) >= 11 is 0. The second-order valence-corrected chi connectivity index (χ2v) is 4.94. The minimum Gasteiger partial charge on any atom is -0.385 e. The molecule has 1 aromatic rings. The Balaban J connectivity index is 2.83. The summed E-state index contributed by atoms with van der Waals surface area (Å²) in [6, 6.07) is 0.403. The van der Waals surface area contributed by atoms with Gasteiger partial charge in [0.15, 0.2) is 0 Å². The highest BCUT2D eigenvalue weighted by Gasteiger charge is 2.20. The Morgan fingerprint density at radius 1 is 1.41 bits per heavy atom. The summed E-state index contributed by atoms with van der Waals surface area (Å²) in [6.07, 6.45) is 4.84. The third-order valence-electron chi connectivity index (χ3n) is 3.35. The molecule has 17 heavy (non-hydrogen) atoms. The minimum absolute atomic E-state index is 0.377. The number of rotatable bonds is 7. The molecule has 2 atom stereocenters. The fourth-order valence-electron chi connectivity index (χ4n) is 2.13. The lowest BCUT2D eigenvalue weighted by Gasteiger charge is -2.24. The van der Waals surface area contributed by atoms with Crippen molar-refractivity contribution in [3.05, 3.63) is 18.2 Å². The van der Waals surface area contributed by atoms with E-state index in [0.717, 1.165) is 13.0 Å². The SMILES string of the molecule is COCCC(C)n1cncc1C(CN)C(C)C. The molecule has 0 aromatic carbocycles. The third kappa shape index (κ3) is 3.54. The van der Waals surface area contributed by atoms with Crippen molar-refractivity contribution >= 4 is 0 Å². The lowest BCUT2D eigenvalue weighted by atomic mass is 9.92. The number of nitrogens with two attached hydrogens (primary N) is 1. The van der Waals surface area contributed by atoms with E-state index < -0.39 is 0 Å². The number of ether oxygens (including phenoxy) is 1. The van der Waals surface area contributed by atoms with Gasteiger partial charge < -0.3 is 15.0 Å². The zero-order valence-electron chi connectivity index (χ0n) is 11.4. The van der Waals surface area contributed by atoms with Crippen LogP contribution >= 0.6 is 0 Å². The van der Waals surface area contributed by atoms with Gasteiger partial charge in [-0.25, -0.2) is 4.98 Å². The van der Waals surface area contributed by atoms with Crippen LogP contribution in [0.1, 0.15) is 44.8 Å². The Bertz CT molecular complexity index is 322. The molecule has 4 heteroatoms. The van der Waals surface area contributed by atoms with Crippen molar-refractivity contribution < 1.29 is 4.74 Å². The van der Waals surface area contributed by atoms with Gasteiger partial charge in [-0.2, -0.15) is 0 Å². The molecule has 0 radical (unpaired) electrons. The van der Waals surface area contributed by atoms with Crippen LogP contribution in [0.4, 0.5) is 0 Å². The first-order valence-electron chi connectivity index (χ1n) is 6.32. The van der Waals surface area contributed by atoms with Crippen molar-refractivity contribution in [3.8, 4) is 0 Å². The van der Waals surface area contributed by atoms with Crippen molar-refractivity contribution in [2.45, 2.75) is 39.2 Å². The summed E-state index contributed by atoms with van der Waals surface area (Å²) in [4.78, 5) is 4.27. The maximum atomic E-state index is 5.87. The van der Waals surface area contributed by atoms with Crippen LogP contribution in [-0.4, -0.2) is 29.8 Å². The monoisotopic (exact) mass is 239 g/mol. The first-order chi connectivity index (χ1) is 8.11. The summed E-state index contributed by atoms with van der Waals surface area (Å²) in [5, 5.41) is 0. The number of nitrogens with zero attached hydrogens (tertiary/aromatic N) is 2. The van der Waals surface area contributed by atoms with Crippen molar-refractivity contribution in [2.75, 3.05) is 20.3 Å². The normalized spacial score (nSPS) is 15.2. The van der Waals surface area contributed by atoms with Crippen LogP contribution in [0.25, 0.3) is 0 Å². The average molecular weight is 239 g/mol. The van der Waals surface area contributed by atoms with Crippen LogP contribution in [0, 0.1) is 5.92 Å². The molecule has 1 rings (SSSR count). The molecule has 0 saturated heterocycles. The molecule has 0 aliphatic heterocycles. The molecular weight excluding hydrogens is 214 g/mol.